The minimum atomic E-state index is 0.448. The van der Waals surface area contributed by atoms with Crippen molar-refractivity contribution in [3.05, 3.63) is 30.3 Å². The number of hydrogen-bond donors (Lipinski definition) is 0. The molecule has 0 spiro atoms. The number of benzene rings is 1. The Morgan fingerprint density at radius 2 is 2.08 bits per heavy atom. The van der Waals surface area contributed by atoms with Crippen molar-refractivity contribution in [3.8, 4) is 5.75 Å². The van der Waals surface area contributed by atoms with Crippen molar-refractivity contribution in [2.75, 3.05) is 13.2 Å². The van der Waals surface area contributed by atoms with Crippen molar-refractivity contribution in [2.45, 2.75) is 18.9 Å². The van der Waals surface area contributed by atoms with Crippen LogP contribution in [-0.2, 0) is 4.74 Å². The van der Waals surface area contributed by atoms with Gasteiger partial charge in [-0.15, -0.1) is 0 Å². The number of rotatable bonds is 4. The van der Waals surface area contributed by atoms with Crippen molar-refractivity contribution < 1.29 is 9.47 Å². The van der Waals surface area contributed by atoms with Gasteiger partial charge in [0.05, 0.1) is 12.7 Å². The van der Waals surface area contributed by atoms with Crippen LogP contribution in [0.15, 0.2) is 30.3 Å². The highest BCUT2D eigenvalue weighted by molar-refractivity contribution is 5.20. The van der Waals surface area contributed by atoms with Gasteiger partial charge in [-0.1, -0.05) is 18.2 Å². The third-order valence-corrected chi connectivity index (χ3v) is 2.25. The Labute approximate surface area is 78.5 Å². The fraction of sp³-hybridized carbons (Fsp3) is 0.455. The number of para-hydroxylation sites is 1. The highest BCUT2D eigenvalue weighted by Gasteiger charge is 2.17. The van der Waals surface area contributed by atoms with E-state index in [-0.39, 0.29) is 0 Å². The first kappa shape index (κ1) is 8.57. The molecule has 2 heteroatoms. The van der Waals surface area contributed by atoms with Gasteiger partial charge in [-0.05, 0) is 18.6 Å². The fourth-order valence-corrected chi connectivity index (χ4v) is 1.34. The van der Waals surface area contributed by atoms with Crippen LogP contribution in [0.25, 0.3) is 0 Å². The predicted octanol–water partition coefficient (Wildman–Crippen LogP) is 2.24. The summed E-state index contributed by atoms with van der Waals surface area (Å²) in [7, 11) is 0. The van der Waals surface area contributed by atoms with Gasteiger partial charge in [0, 0.05) is 13.0 Å². The van der Waals surface area contributed by atoms with E-state index in [9.17, 15) is 0 Å². The molecule has 1 aromatic rings. The molecule has 0 amide bonds. The van der Waals surface area contributed by atoms with E-state index in [2.05, 4.69) is 0 Å². The molecule has 0 N–H and O–H groups in total. The first-order chi connectivity index (χ1) is 6.45. The van der Waals surface area contributed by atoms with E-state index >= 15 is 0 Å². The van der Waals surface area contributed by atoms with Gasteiger partial charge in [-0.3, -0.25) is 0 Å². The van der Waals surface area contributed by atoms with E-state index in [1.165, 1.54) is 6.42 Å². The molecule has 0 saturated carbocycles. The quantitative estimate of drug-likeness (QED) is 0.704. The number of hydrogen-bond acceptors (Lipinski definition) is 2. The standard InChI is InChI=1S/C11H14O2/c1-2-4-10(5-3-1)12-8-6-11-7-9-13-11/h1-5,11H,6-9H2/t11-/m0/s1. The van der Waals surface area contributed by atoms with Crippen molar-refractivity contribution in [1.82, 2.24) is 0 Å². The molecule has 0 aromatic heterocycles. The molecule has 1 fully saturated rings. The van der Waals surface area contributed by atoms with Gasteiger partial charge < -0.3 is 9.47 Å². The first-order valence-corrected chi connectivity index (χ1v) is 4.74. The molecule has 1 aliphatic heterocycles. The van der Waals surface area contributed by atoms with Crippen LogP contribution < -0.4 is 4.74 Å². The third-order valence-electron chi connectivity index (χ3n) is 2.25. The van der Waals surface area contributed by atoms with Crippen LogP contribution in [0.5, 0.6) is 5.75 Å². The molecule has 1 aliphatic rings. The lowest BCUT2D eigenvalue weighted by atomic mass is 10.1. The first-order valence-electron chi connectivity index (χ1n) is 4.74. The number of ether oxygens (including phenoxy) is 2. The van der Waals surface area contributed by atoms with E-state index in [0.717, 1.165) is 25.4 Å². The molecule has 0 unspecified atom stereocenters. The maximum atomic E-state index is 5.53. The summed E-state index contributed by atoms with van der Waals surface area (Å²) in [6.07, 6.45) is 2.65. The Bertz CT molecular complexity index is 242. The highest BCUT2D eigenvalue weighted by Crippen LogP contribution is 2.15. The van der Waals surface area contributed by atoms with Gasteiger partial charge in [-0.2, -0.15) is 0 Å². The normalized spacial score (nSPS) is 20.8. The summed E-state index contributed by atoms with van der Waals surface area (Å²) in [5.74, 6) is 0.946. The Balaban J connectivity index is 1.67. The zero-order chi connectivity index (χ0) is 8.93. The molecule has 2 rings (SSSR count). The zero-order valence-corrected chi connectivity index (χ0v) is 7.61. The van der Waals surface area contributed by atoms with Gasteiger partial charge in [0.25, 0.3) is 0 Å². The second-order valence-corrected chi connectivity index (χ2v) is 3.23. The second-order valence-electron chi connectivity index (χ2n) is 3.23. The average molecular weight is 178 g/mol. The summed E-state index contributed by atoms with van der Waals surface area (Å²) in [5, 5.41) is 0. The predicted molar refractivity (Wildman–Crippen MR) is 50.9 cm³/mol. The van der Waals surface area contributed by atoms with E-state index < -0.39 is 0 Å². The molecule has 70 valence electrons. The lowest BCUT2D eigenvalue weighted by Gasteiger charge is -2.26. The Hall–Kier alpha value is -1.02. The summed E-state index contributed by atoms with van der Waals surface area (Å²) in [6, 6.07) is 9.90. The molecular formula is C11H14O2. The van der Waals surface area contributed by atoms with Crippen molar-refractivity contribution >= 4 is 0 Å². The minimum Gasteiger partial charge on any atom is -0.493 e. The second kappa shape index (κ2) is 4.28. The van der Waals surface area contributed by atoms with Crippen molar-refractivity contribution in [2.24, 2.45) is 0 Å². The maximum absolute atomic E-state index is 5.53. The lowest BCUT2D eigenvalue weighted by Crippen LogP contribution is -2.28. The summed E-state index contributed by atoms with van der Waals surface area (Å²) >= 11 is 0. The van der Waals surface area contributed by atoms with E-state index in [0.29, 0.717) is 6.10 Å². The molecule has 2 nitrogen and oxygen atoms in total. The largest absolute Gasteiger partial charge is 0.493 e. The third kappa shape index (κ3) is 2.46. The van der Waals surface area contributed by atoms with E-state index in [1.54, 1.807) is 0 Å². The lowest BCUT2D eigenvalue weighted by molar-refractivity contribution is -0.0596. The molecule has 1 aromatic carbocycles. The van der Waals surface area contributed by atoms with E-state index in [4.69, 9.17) is 9.47 Å². The summed E-state index contributed by atoms with van der Waals surface area (Å²) in [4.78, 5) is 0. The average Bonchev–Trinajstić information content (AvgIpc) is 2.11. The topological polar surface area (TPSA) is 18.5 Å². The highest BCUT2D eigenvalue weighted by atomic mass is 16.5. The van der Waals surface area contributed by atoms with Gasteiger partial charge in [0.1, 0.15) is 5.75 Å². The van der Waals surface area contributed by atoms with Crippen LogP contribution in [-0.4, -0.2) is 19.3 Å². The molecule has 1 heterocycles. The Morgan fingerprint density at radius 3 is 2.69 bits per heavy atom. The fourth-order valence-electron chi connectivity index (χ4n) is 1.34. The van der Waals surface area contributed by atoms with Gasteiger partial charge in [-0.25, -0.2) is 0 Å². The van der Waals surface area contributed by atoms with Crippen LogP contribution in [0.3, 0.4) is 0 Å². The smallest absolute Gasteiger partial charge is 0.119 e. The van der Waals surface area contributed by atoms with Crippen LogP contribution in [0.4, 0.5) is 0 Å². The molecule has 0 aliphatic carbocycles. The monoisotopic (exact) mass is 178 g/mol. The molecule has 0 radical (unpaired) electrons. The van der Waals surface area contributed by atoms with Crippen LogP contribution >= 0.6 is 0 Å². The van der Waals surface area contributed by atoms with Crippen LogP contribution in [0, 0.1) is 0 Å². The van der Waals surface area contributed by atoms with Crippen molar-refractivity contribution in [1.29, 1.82) is 0 Å². The molecule has 13 heavy (non-hydrogen) atoms. The summed E-state index contributed by atoms with van der Waals surface area (Å²) in [5.41, 5.74) is 0. The zero-order valence-electron chi connectivity index (χ0n) is 7.61. The van der Waals surface area contributed by atoms with Crippen LogP contribution in [0.1, 0.15) is 12.8 Å². The van der Waals surface area contributed by atoms with Gasteiger partial charge in [0.2, 0.25) is 0 Å². The van der Waals surface area contributed by atoms with Gasteiger partial charge in [0.15, 0.2) is 0 Å². The van der Waals surface area contributed by atoms with Crippen LogP contribution in [0.2, 0.25) is 0 Å². The Kier molecular flexibility index (Phi) is 2.82. The van der Waals surface area contributed by atoms with Gasteiger partial charge >= 0.3 is 0 Å². The molecule has 0 bridgehead atoms. The molecule has 1 saturated heterocycles. The van der Waals surface area contributed by atoms with Crippen molar-refractivity contribution in [3.63, 3.8) is 0 Å². The summed E-state index contributed by atoms with van der Waals surface area (Å²) in [6.45, 7) is 1.69. The molecule has 1 atom stereocenters. The maximum Gasteiger partial charge on any atom is 0.119 e. The SMILES string of the molecule is c1ccc(OCC[C@H]2CCO2)cc1. The molecular weight excluding hydrogens is 164 g/mol. The summed E-state index contributed by atoms with van der Waals surface area (Å²) < 4.78 is 10.8. The van der Waals surface area contributed by atoms with E-state index in [1.807, 2.05) is 30.3 Å². The Morgan fingerprint density at radius 1 is 1.31 bits per heavy atom. The minimum absolute atomic E-state index is 0.448.